The van der Waals surface area contributed by atoms with E-state index in [0.717, 1.165) is 19.3 Å². The molecule has 0 radical (unpaired) electrons. The zero-order chi connectivity index (χ0) is 22.6. The lowest BCUT2D eigenvalue weighted by Crippen LogP contribution is -2.44. The quantitative estimate of drug-likeness (QED) is 0.679. The topological polar surface area (TPSA) is 73.9 Å². The first kappa shape index (κ1) is 26.0. The van der Waals surface area contributed by atoms with Crippen LogP contribution in [0.15, 0.2) is 30.3 Å². The number of alkyl carbamates (subject to hydrolysis) is 1. The van der Waals surface area contributed by atoms with E-state index in [1.54, 1.807) is 20.8 Å². The highest BCUT2D eigenvalue weighted by molar-refractivity contribution is 5.81. The van der Waals surface area contributed by atoms with E-state index in [9.17, 15) is 9.59 Å². The second-order valence-corrected chi connectivity index (χ2v) is 8.76. The second-order valence-electron chi connectivity index (χ2n) is 8.76. The van der Waals surface area contributed by atoms with E-state index in [0.29, 0.717) is 19.4 Å². The van der Waals surface area contributed by atoms with Crippen molar-refractivity contribution in [2.45, 2.75) is 97.5 Å². The van der Waals surface area contributed by atoms with Crippen LogP contribution >= 0.6 is 0 Å². The van der Waals surface area contributed by atoms with Gasteiger partial charge < -0.3 is 19.5 Å². The highest BCUT2D eigenvalue weighted by Gasteiger charge is 2.29. The molecule has 1 aromatic carbocycles. The highest BCUT2D eigenvalue weighted by atomic mass is 16.6. The average Bonchev–Trinajstić information content (AvgIpc) is 2.70. The largest absolute Gasteiger partial charge is 0.461 e. The SMILES string of the molecule is CCCOC1CCC[C@H](NC(=O)OC(C)(C)C)C(=O)OC(C)C1.Cc1ccccc1. The van der Waals surface area contributed by atoms with Gasteiger partial charge in [-0.15, -0.1) is 0 Å². The molecule has 3 atom stereocenters. The van der Waals surface area contributed by atoms with Crippen LogP contribution in [-0.2, 0) is 19.0 Å². The summed E-state index contributed by atoms with van der Waals surface area (Å²) < 4.78 is 16.5. The molecule has 1 amide bonds. The Kier molecular flexibility index (Phi) is 11.5. The Morgan fingerprint density at radius 2 is 1.87 bits per heavy atom. The molecule has 1 aromatic rings. The number of benzene rings is 1. The molecular weight excluding hydrogens is 382 g/mol. The molecule has 1 fully saturated rings. The Morgan fingerprint density at radius 1 is 1.20 bits per heavy atom. The first-order chi connectivity index (χ1) is 14.1. The van der Waals surface area contributed by atoms with Crippen LogP contribution < -0.4 is 5.32 Å². The second kappa shape index (κ2) is 13.3. The van der Waals surface area contributed by atoms with Crippen LogP contribution in [0.3, 0.4) is 0 Å². The average molecular weight is 422 g/mol. The summed E-state index contributed by atoms with van der Waals surface area (Å²) in [5, 5.41) is 2.62. The van der Waals surface area contributed by atoms with Crippen molar-refractivity contribution in [1.82, 2.24) is 5.32 Å². The maximum atomic E-state index is 12.2. The van der Waals surface area contributed by atoms with Crippen LogP contribution in [-0.4, -0.2) is 42.5 Å². The molecule has 1 aliphatic rings. The van der Waals surface area contributed by atoms with Crippen LogP contribution in [0.4, 0.5) is 4.79 Å². The van der Waals surface area contributed by atoms with Gasteiger partial charge in [-0.05, 0) is 60.3 Å². The number of hydrogen-bond acceptors (Lipinski definition) is 5. The maximum Gasteiger partial charge on any atom is 0.408 e. The van der Waals surface area contributed by atoms with Gasteiger partial charge in [-0.25, -0.2) is 9.59 Å². The standard InChI is InChI=1S/C17H31NO5.C7H8/c1-6-10-21-13-8-7-9-14(15(19)22-12(2)11-13)18-16(20)23-17(3,4)5;1-7-5-3-2-4-6-7/h12-14H,6-11H2,1-5H3,(H,18,20);2-6H,1H3/t12?,13?,14-;/m0./s1. The molecule has 2 rings (SSSR count). The van der Waals surface area contributed by atoms with Crippen LogP contribution in [0, 0.1) is 6.92 Å². The summed E-state index contributed by atoms with van der Waals surface area (Å²) >= 11 is 0. The Balaban J connectivity index is 0.000000539. The molecule has 1 aliphatic heterocycles. The van der Waals surface area contributed by atoms with Gasteiger partial charge in [0.15, 0.2) is 0 Å². The molecule has 6 nitrogen and oxygen atoms in total. The van der Waals surface area contributed by atoms with Crippen molar-refractivity contribution in [1.29, 1.82) is 0 Å². The zero-order valence-electron chi connectivity index (χ0n) is 19.4. The Morgan fingerprint density at radius 3 is 2.40 bits per heavy atom. The molecule has 6 heteroatoms. The maximum absolute atomic E-state index is 12.2. The van der Waals surface area contributed by atoms with E-state index < -0.39 is 23.7 Å². The van der Waals surface area contributed by atoms with E-state index in [-0.39, 0.29) is 12.2 Å². The summed E-state index contributed by atoms with van der Waals surface area (Å²) in [5.41, 5.74) is 0.723. The van der Waals surface area contributed by atoms with Gasteiger partial charge in [-0.1, -0.05) is 42.8 Å². The van der Waals surface area contributed by atoms with Crippen molar-refractivity contribution in [3.05, 3.63) is 35.9 Å². The van der Waals surface area contributed by atoms with E-state index >= 15 is 0 Å². The lowest BCUT2D eigenvalue weighted by Gasteiger charge is -2.23. The fraction of sp³-hybridized carbons (Fsp3) is 0.667. The summed E-state index contributed by atoms with van der Waals surface area (Å²) in [6.07, 6.45) is 3.09. The molecule has 0 saturated carbocycles. The summed E-state index contributed by atoms with van der Waals surface area (Å²) in [5.74, 6) is -0.403. The van der Waals surface area contributed by atoms with E-state index in [4.69, 9.17) is 14.2 Å². The fourth-order valence-corrected chi connectivity index (χ4v) is 3.04. The third-order valence-electron chi connectivity index (χ3n) is 4.40. The van der Waals surface area contributed by atoms with Gasteiger partial charge in [-0.2, -0.15) is 0 Å². The Hall–Kier alpha value is -2.08. The van der Waals surface area contributed by atoms with Gasteiger partial charge in [0, 0.05) is 13.0 Å². The lowest BCUT2D eigenvalue weighted by molar-refractivity contribution is -0.152. The summed E-state index contributed by atoms with van der Waals surface area (Å²) in [6, 6.07) is 9.59. The molecule has 2 unspecified atom stereocenters. The van der Waals surface area contributed by atoms with Gasteiger partial charge in [0.05, 0.1) is 6.10 Å². The Bertz CT molecular complexity index is 626. The molecule has 1 heterocycles. The number of carbonyl (C=O) groups is 2. The van der Waals surface area contributed by atoms with Crippen molar-refractivity contribution >= 4 is 12.1 Å². The molecule has 0 aliphatic carbocycles. The molecule has 0 aromatic heterocycles. The smallest absolute Gasteiger partial charge is 0.408 e. The number of rotatable bonds is 4. The fourth-order valence-electron chi connectivity index (χ4n) is 3.04. The summed E-state index contributed by atoms with van der Waals surface area (Å²) in [7, 11) is 0. The predicted octanol–water partition coefficient (Wildman–Crippen LogP) is 5.18. The van der Waals surface area contributed by atoms with Gasteiger partial charge in [0.2, 0.25) is 0 Å². The Labute approximate surface area is 181 Å². The van der Waals surface area contributed by atoms with E-state index in [2.05, 4.69) is 31.3 Å². The summed E-state index contributed by atoms with van der Waals surface area (Å²) in [4.78, 5) is 24.1. The van der Waals surface area contributed by atoms with Crippen molar-refractivity contribution in [3.63, 3.8) is 0 Å². The predicted molar refractivity (Wildman–Crippen MR) is 118 cm³/mol. The minimum Gasteiger partial charge on any atom is -0.461 e. The van der Waals surface area contributed by atoms with Crippen LogP contribution in [0.2, 0.25) is 0 Å². The number of esters is 1. The van der Waals surface area contributed by atoms with E-state index in [1.807, 2.05) is 25.1 Å². The minimum atomic E-state index is -0.669. The molecule has 170 valence electrons. The molecule has 1 N–H and O–H groups in total. The molecule has 0 bridgehead atoms. The zero-order valence-corrected chi connectivity index (χ0v) is 19.4. The first-order valence-electron chi connectivity index (χ1n) is 10.9. The van der Waals surface area contributed by atoms with Crippen molar-refractivity contribution in [2.24, 2.45) is 0 Å². The number of nitrogens with one attached hydrogen (secondary N) is 1. The number of carbonyl (C=O) groups excluding carboxylic acids is 2. The van der Waals surface area contributed by atoms with Crippen molar-refractivity contribution < 1.29 is 23.8 Å². The molecule has 30 heavy (non-hydrogen) atoms. The minimum absolute atomic E-state index is 0.0954. The van der Waals surface area contributed by atoms with E-state index in [1.165, 1.54) is 5.56 Å². The van der Waals surface area contributed by atoms with Gasteiger partial charge in [0.1, 0.15) is 17.7 Å². The third-order valence-corrected chi connectivity index (χ3v) is 4.40. The van der Waals surface area contributed by atoms with Crippen molar-refractivity contribution in [3.8, 4) is 0 Å². The summed E-state index contributed by atoms with van der Waals surface area (Å²) in [6.45, 7) is 12.1. The lowest BCUT2D eigenvalue weighted by atomic mass is 10.0. The number of hydrogen-bond donors (Lipinski definition) is 1. The monoisotopic (exact) mass is 421 g/mol. The number of cyclic esters (lactones) is 1. The number of aryl methyl sites for hydroxylation is 1. The molecular formula is C24H39NO5. The van der Waals surface area contributed by atoms with Gasteiger partial charge in [0.25, 0.3) is 0 Å². The number of amides is 1. The highest BCUT2D eigenvalue weighted by Crippen LogP contribution is 2.19. The van der Waals surface area contributed by atoms with Crippen LogP contribution in [0.1, 0.15) is 72.3 Å². The number of ether oxygens (including phenoxy) is 3. The first-order valence-corrected chi connectivity index (χ1v) is 10.9. The molecule has 1 saturated heterocycles. The van der Waals surface area contributed by atoms with Gasteiger partial charge >= 0.3 is 12.1 Å². The van der Waals surface area contributed by atoms with Crippen LogP contribution in [0.5, 0.6) is 0 Å². The van der Waals surface area contributed by atoms with Crippen LogP contribution in [0.25, 0.3) is 0 Å². The third kappa shape index (κ3) is 11.8. The normalized spacial score (nSPS) is 22.3. The van der Waals surface area contributed by atoms with Crippen molar-refractivity contribution in [2.75, 3.05) is 6.61 Å². The van der Waals surface area contributed by atoms with Gasteiger partial charge in [-0.3, -0.25) is 0 Å². The molecule has 0 spiro atoms.